The number of urea groups is 1. The number of hydrogen-bond acceptors (Lipinski definition) is 4. The highest BCUT2D eigenvalue weighted by molar-refractivity contribution is 5.74. The van der Waals surface area contributed by atoms with Crippen LogP contribution in [0.1, 0.15) is 63.6 Å². The summed E-state index contributed by atoms with van der Waals surface area (Å²) in [6, 6.07) is 0.370. The van der Waals surface area contributed by atoms with Crippen LogP contribution in [0.2, 0.25) is 0 Å². The van der Waals surface area contributed by atoms with E-state index in [0.29, 0.717) is 36.1 Å². The lowest BCUT2D eigenvalue weighted by molar-refractivity contribution is 0.151. The number of nitrogens with one attached hydrogen (secondary N) is 1. The van der Waals surface area contributed by atoms with Gasteiger partial charge in [0, 0.05) is 19.1 Å². The van der Waals surface area contributed by atoms with E-state index in [2.05, 4.69) is 29.3 Å². The van der Waals surface area contributed by atoms with Crippen molar-refractivity contribution >= 4 is 6.03 Å². The minimum Gasteiger partial charge on any atom is -0.339 e. The number of carbonyl (C=O) groups is 1. The van der Waals surface area contributed by atoms with Crippen molar-refractivity contribution in [2.24, 2.45) is 11.8 Å². The first-order chi connectivity index (χ1) is 11.0. The van der Waals surface area contributed by atoms with Crippen LogP contribution in [-0.2, 0) is 0 Å². The summed E-state index contributed by atoms with van der Waals surface area (Å²) in [5, 5.41) is 7.13. The van der Waals surface area contributed by atoms with Gasteiger partial charge in [0.15, 0.2) is 5.82 Å². The third-order valence-corrected chi connectivity index (χ3v) is 5.62. The average molecular weight is 320 g/mol. The van der Waals surface area contributed by atoms with E-state index in [9.17, 15) is 4.79 Å². The Labute approximate surface area is 138 Å². The fourth-order valence-corrected chi connectivity index (χ4v) is 3.88. The van der Waals surface area contributed by atoms with E-state index in [4.69, 9.17) is 4.52 Å². The van der Waals surface area contributed by atoms with Gasteiger partial charge >= 0.3 is 6.03 Å². The van der Waals surface area contributed by atoms with Crippen molar-refractivity contribution in [2.75, 3.05) is 13.1 Å². The molecule has 0 bridgehead atoms. The van der Waals surface area contributed by atoms with Gasteiger partial charge in [0.2, 0.25) is 5.89 Å². The van der Waals surface area contributed by atoms with Gasteiger partial charge < -0.3 is 14.7 Å². The largest absolute Gasteiger partial charge is 0.339 e. The Morgan fingerprint density at radius 3 is 2.83 bits per heavy atom. The summed E-state index contributed by atoms with van der Waals surface area (Å²) in [6.45, 7) is 7.86. The summed E-state index contributed by atoms with van der Waals surface area (Å²) in [4.78, 5) is 18.9. The Kier molecular flexibility index (Phi) is 4.87. The van der Waals surface area contributed by atoms with Gasteiger partial charge in [0.05, 0.1) is 5.92 Å². The molecule has 1 aliphatic heterocycles. The average Bonchev–Trinajstić information content (AvgIpc) is 2.98. The van der Waals surface area contributed by atoms with E-state index in [1.165, 1.54) is 12.8 Å². The molecule has 4 atom stereocenters. The van der Waals surface area contributed by atoms with E-state index in [1.807, 2.05) is 11.8 Å². The fourth-order valence-electron chi connectivity index (χ4n) is 3.88. The number of nitrogens with zero attached hydrogens (tertiary/aromatic N) is 3. The van der Waals surface area contributed by atoms with Crippen LogP contribution in [0.5, 0.6) is 0 Å². The molecule has 1 aliphatic carbocycles. The Hall–Kier alpha value is -1.59. The smallest absolute Gasteiger partial charge is 0.317 e. The molecular weight excluding hydrogens is 292 g/mol. The van der Waals surface area contributed by atoms with Crippen molar-refractivity contribution < 1.29 is 9.32 Å². The van der Waals surface area contributed by atoms with Crippen LogP contribution in [0.25, 0.3) is 0 Å². The number of rotatable bonds is 2. The lowest BCUT2D eigenvalue weighted by atomic mass is 9.78. The van der Waals surface area contributed by atoms with Gasteiger partial charge in [-0.2, -0.15) is 4.98 Å². The van der Waals surface area contributed by atoms with Crippen molar-refractivity contribution in [3.63, 3.8) is 0 Å². The highest BCUT2D eigenvalue weighted by Gasteiger charge is 2.32. The minimum atomic E-state index is 0.0666. The number of carbonyl (C=O) groups excluding carboxylic acids is 1. The number of piperidine rings is 1. The summed E-state index contributed by atoms with van der Waals surface area (Å²) in [5.74, 6) is 2.72. The van der Waals surface area contributed by atoms with Crippen LogP contribution in [-0.4, -0.2) is 40.2 Å². The maximum absolute atomic E-state index is 12.6. The van der Waals surface area contributed by atoms with Gasteiger partial charge in [-0.15, -0.1) is 0 Å². The van der Waals surface area contributed by atoms with Gasteiger partial charge in [-0.1, -0.05) is 31.8 Å². The van der Waals surface area contributed by atoms with Gasteiger partial charge in [-0.3, -0.25) is 0 Å². The molecule has 2 fully saturated rings. The lowest BCUT2D eigenvalue weighted by Gasteiger charge is -2.37. The zero-order valence-corrected chi connectivity index (χ0v) is 14.4. The predicted molar refractivity (Wildman–Crippen MR) is 87.1 cm³/mol. The standard InChI is InChI=1S/C17H28N4O2/c1-11-6-4-8-15(12(11)2)19-17(22)21-9-5-7-14(10-21)16-18-13(3)20-23-16/h11-12,14-15H,4-10H2,1-3H3,(H,19,22). The number of aryl methyl sites for hydroxylation is 1. The normalized spacial score (nSPS) is 31.9. The molecule has 1 aromatic rings. The second-order valence-corrected chi connectivity index (χ2v) is 7.29. The molecule has 6 nitrogen and oxygen atoms in total. The Morgan fingerprint density at radius 1 is 1.26 bits per heavy atom. The van der Waals surface area contributed by atoms with Crippen molar-refractivity contribution in [2.45, 2.75) is 64.8 Å². The molecule has 128 valence electrons. The molecule has 23 heavy (non-hydrogen) atoms. The van der Waals surface area contributed by atoms with Crippen LogP contribution in [0.15, 0.2) is 4.52 Å². The lowest BCUT2D eigenvalue weighted by Crippen LogP contribution is -2.51. The van der Waals surface area contributed by atoms with Crippen LogP contribution < -0.4 is 5.32 Å². The Balaban J connectivity index is 1.58. The Bertz CT molecular complexity index is 544. The molecular formula is C17H28N4O2. The molecule has 1 N–H and O–H groups in total. The first-order valence-electron chi connectivity index (χ1n) is 8.90. The molecule has 2 amide bonds. The maximum Gasteiger partial charge on any atom is 0.317 e. The summed E-state index contributed by atoms with van der Waals surface area (Å²) < 4.78 is 5.29. The SMILES string of the molecule is Cc1noc(C2CCCN(C(=O)NC3CCCC(C)C3C)C2)n1. The molecule has 0 radical (unpaired) electrons. The third kappa shape index (κ3) is 3.67. The first kappa shape index (κ1) is 16.3. The van der Waals surface area contributed by atoms with Gasteiger partial charge in [0.25, 0.3) is 0 Å². The number of aromatic nitrogens is 2. The summed E-state index contributed by atoms with van der Waals surface area (Å²) >= 11 is 0. The molecule has 4 unspecified atom stereocenters. The van der Waals surface area contributed by atoms with E-state index < -0.39 is 0 Å². The van der Waals surface area contributed by atoms with Crippen molar-refractivity contribution in [1.82, 2.24) is 20.4 Å². The van der Waals surface area contributed by atoms with E-state index in [0.717, 1.165) is 25.8 Å². The zero-order valence-electron chi connectivity index (χ0n) is 14.4. The second-order valence-electron chi connectivity index (χ2n) is 7.29. The highest BCUT2D eigenvalue weighted by atomic mass is 16.5. The molecule has 1 aromatic heterocycles. The predicted octanol–water partition coefficient (Wildman–Crippen LogP) is 3.09. The van der Waals surface area contributed by atoms with Gasteiger partial charge in [-0.05, 0) is 38.0 Å². The summed E-state index contributed by atoms with van der Waals surface area (Å²) in [7, 11) is 0. The number of hydrogen-bond donors (Lipinski definition) is 1. The number of likely N-dealkylation sites (tertiary alicyclic amines) is 1. The monoisotopic (exact) mass is 320 g/mol. The van der Waals surface area contributed by atoms with Crippen molar-refractivity contribution in [3.8, 4) is 0 Å². The van der Waals surface area contributed by atoms with E-state index in [-0.39, 0.29) is 11.9 Å². The Morgan fingerprint density at radius 2 is 2.09 bits per heavy atom. The van der Waals surface area contributed by atoms with Crippen molar-refractivity contribution in [1.29, 1.82) is 0 Å². The van der Waals surface area contributed by atoms with Crippen LogP contribution in [0.4, 0.5) is 4.79 Å². The molecule has 0 aromatic carbocycles. The van der Waals surface area contributed by atoms with Gasteiger partial charge in [-0.25, -0.2) is 4.79 Å². The second kappa shape index (κ2) is 6.89. The van der Waals surface area contributed by atoms with Crippen LogP contribution in [0, 0.1) is 18.8 Å². The van der Waals surface area contributed by atoms with Crippen molar-refractivity contribution in [3.05, 3.63) is 11.7 Å². The first-order valence-corrected chi connectivity index (χ1v) is 8.90. The van der Waals surface area contributed by atoms with E-state index in [1.54, 1.807) is 0 Å². The van der Waals surface area contributed by atoms with E-state index >= 15 is 0 Å². The van der Waals surface area contributed by atoms with Gasteiger partial charge in [0.1, 0.15) is 0 Å². The molecule has 0 spiro atoms. The molecule has 2 aliphatic rings. The molecule has 1 saturated carbocycles. The molecule has 1 saturated heterocycles. The highest BCUT2D eigenvalue weighted by Crippen LogP contribution is 2.30. The summed E-state index contributed by atoms with van der Waals surface area (Å²) in [6.07, 6.45) is 5.56. The molecule has 3 rings (SSSR count). The number of amides is 2. The molecule has 6 heteroatoms. The van der Waals surface area contributed by atoms with Crippen LogP contribution in [0.3, 0.4) is 0 Å². The quantitative estimate of drug-likeness (QED) is 0.909. The minimum absolute atomic E-state index is 0.0666. The third-order valence-electron chi connectivity index (χ3n) is 5.62. The molecule has 2 heterocycles. The topological polar surface area (TPSA) is 71.3 Å². The maximum atomic E-state index is 12.6. The summed E-state index contributed by atoms with van der Waals surface area (Å²) in [5.41, 5.74) is 0. The fraction of sp³-hybridized carbons (Fsp3) is 0.824. The van der Waals surface area contributed by atoms with Crippen LogP contribution >= 0.6 is 0 Å². The zero-order chi connectivity index (χ0) is 16.4.